The number of anilines is 2. The number of aromatic nitrogens is 2. The number of aryl methyl sites for hydroxylation is 2. The summed E-state index contributed by atoms with van der Waals surface area (Å²) in [5.41, 5.74) is 1.46. The Bertz CT molecular complexity index is 780. The Morgan fingerprint density at radius 3 is 2.80 bits per heavy atom. The largest absolute Gasteiger partial charge is 0.376 e. The summed E-state index contributed by atoms with van der Waals surface area (Å²) >= 11 is 2.59. The lowest BCUT2D eigenvalue weighted by molar-refractivity contribution is -0.116. The van der Waals surface area contributed by atoms with Crippen LogP contribution in [0.2, 0.25) is 0 Å². The summed E-state index contributed by atoms with van der Waals surface area (Å²) in [4.78, 5) is 35.3. The molecule has 1 N–H and O–H groups in total. The van der Waals surface area contributed by atoms with Crippen LogP contribution in [0.4, 0.5) is 10.3 Å². The van der Waals surface area contributed by atoms with E-state index in [9.17, 15) is 9.59 Å². The number of nitrogens with one attached hydrogen (secondary N) is 1. The molecule has 134 valence electrons. The molecule has 25 heavy (non-hydrogen) atoms. The molecule has 2 amide bonds. The molecule has 2 aromatic rings. The van der Waals surface area contributed by atoms with Gasteiger partial charge in [-0.25, -0.2) is 9.97 Å². The summed E-state index contributed by atoms with van der Waals surface area (Å²) < 4.78 is 5.62. The summed E-state index contributed by atoms with van der Waals surface area (Å²) in [6.45, 7) is 6.34. The van der Waals surface area contributed by atoms with Crippen molar-refractivity contribution in [3.63, 3.8) is 0 Å². The topological polar surface area (TPSA) is 84.4 Å². The second-order valence-corrected chi connectivity index (χ2v) is 7.76. The van der Waals surface area contributed by atoms with Crippen LogP contribution in [-0.2, 0) is 9.53 Å². The van der Waals surface area contributed by atoms with Crippen LogP contribution in [0.1, 0.15) is 40.8 Å². The van der Waals surface area contributed by atoms with Crippen molar-refractivity contribution in [1.29, 1.82) is 0 Å². The second-order valence-electron chi connectivity index (χ2n) is 5.92. The third kappa shape index (κ3) is 4.23. The monoisotopic (exact) mass is 380 g/mol. The van der Waals surface area contributed by atoms with Gasteiger partial charge in [0.1, 0.15) is 4.88 Å². The standard InChI is InChI=1S/C16H20N4O3S2/c1-9-8-24-15(17-9)19-14(22)13-10(2)18-16(25-13)20(11(3)21)7-12-5-4-6-23-12/h8,12H,4-7H2,1-3H3,(H,17,19,22). The van der Waals surface area contributed by atoms with Crippen LogP contribution >= 0.6 is 22.7 Å². The molecule has 0 spiro atoms. The zero-order chi connectivity index (χ0) is 18.0. The molecule has 0 saturated carbocycles. The summed E-state index contributed by atoms with van der Waals surface area (Å²) in [7, 11) is 0. The van der Waals surface area contributed by atoms with Gasteiger partial charge in [-0.2, -0.15) is 0 Å². The molecule has 3 rings (SSSR count). The average Bonchev–Trinajstić information content (AvgIpc) is 3.26. The van der Waals surface area contributed by atoms with Crippen LogP contribution in [0.25, 0.3) is 0 Å². The van der Waals surface area contributed by atoms with Crippen molar-refractivity contribution in [1.82, 2.24) is 9.97 Å². The van der Waals surface area contributed by atoms with Crippen molar-refractivity contribution >= 4 is 44.8 Å². The minimum Gasteiger partial charge on any atom is -0.376 e. The van der Waals surface area contributed by atoms with Gasteiger partial charge in [-0.3, -0.25) is 19.8 Å². The van der Waals surface area contributed by atoms with Crippen LogP contribution < -0.4 is 10.2 Å². The predicted octanol–water partition coefficient (Wildman–Crippen LogP) is 3.00. The molecule has 0 aliphatic carbocycles. The maximum absolute atomic E-state index is 12.5. The predicted molar refractivity (Wildman–Crippen MR) is 98.7 cm³/mol. The molecule has 1 fully saturated rings. The highest BCUT2D eigenvalue weighted by Gasteiger charge is 2.26. The first-order valence-electron chi connectivity index (χ1n) is 8.04. The van der Waals surface area contributed by atoms with Gasteiger partial charge in [0.15, 0.2) is 10.3 Å². The van der Waals surface area contributed by atoms with Crippen LogP contribution in [0, 0.1) is 13.8 Å². The van der Waals surface area contributed by atoms with E-state index in [0.29, 0.717) is 27.4 Å². The fraction of sp³-hybridized carbons (Fsp3) is 0.500. The zero-order valence-electron chi connectivity index (χ0n) is 14.4. The Hall–Kier alpha value is -1.84. The highest BCUT2D eigenvalue weighted by molar-refractivity contribution is 7.18. The molecular formula is C16H20N4O3S2. The number of amides is 2. The first kappa shape index (κ1) is 18.0. The van der Waals surface area contributed by atoms with Crippen LogP contribution in [-0.4, -0.2) is 41.0 Å². The Labute approximate surface area is 154 Å². The van der Waals surface area contributed by atoms with Gasteiger partial charge in [-0.1, -0.05) is 11.3 Å². The Kier molecular flexibility index (Phi) is 5.45. The molecule has 3 heterocycles. The third-order valence-corrected chi connectivity index (χ3v) is 5.91. The van der Waals surface area contributed by atoms with Crippen molar-refractivity contribution in [2.24, 2.45) is 0 Å². The van der Waals surface area contributed by atoms with Gasteiger partial charge in [0.2, 0.25) is 5.91 Å². The number of carbonyl (C=O) groups is 2. The molecular weight excluding hydrogens is 360 g/mol. The maximum Gasteiger partial charge on any atom is 0.269 e. The van der Waals surface area contributed by atoms with Gasteiger partial charge < -0.3 is 4.74 Å². The molecule has 9 heteroatoms. The Morgan fingerprint density at radius 1 is 1.40 bits per heavy atom. The lowest BCUT2D eigenvalue weighted by Gasteiger charge is -2.21. The number of thiazole rings is 2. The molecule has 1 aliphatic rings. The van der Waals surface area contributed by atoms with Crippen molar-refractivity contribution < 1.29 is 14.3 Å². The summed E-state index contributed by atoms with van der Waals surface area (Å²) in [6, 6.07) is 0. The SMILES string of the molecule is CC(=O)N(CC1CCCO1)c1nc(C)c(C(=O)Nc2nc(C)cs2)s1. The summed E-state index contributed by atoms with van der Waals surface area (Å²) in [5.74, 6) is -0.358. The molecule has 0 radical (unpaired) electrons. The highest BCUT2D eigenvalue weighted by Crippen LogP contribution is 2.29. The van der Waals surface area contributed by atoms with Gasteiger partial charge in [-0.15, -0.1) is 11.3 Å². The first-order chi connectivity index (χ1) is 11.9. The molecule has 2 aromatic heterocycles. The summed E-state index contributed by atoms with van der Waals surface area (Å²) in [5, 5.41) is 5.74. The van der Waals surface area contributed by atoms with Crippen LogP contribution in [0.3, 0.4) is 0 Å². The third-order valence-electron chi connectivity index (χ3n) is 3.85. The molecule has 7 nitrogen and oxygen atoms in total. The van der Waals surface area contributed by atoms with E-state index < -0.39 is 0 Å². The second kappa shape index (κ2) is 7.59. The molecule has 0 bridgehead atoms. The Morgan fingerprint density at radius 2 is 2.20 bits per heavy atom. The lowest BCUT2D eigenvalue weighted by atomic mass is 10.2. The number of hydrogen-bond donors (Lipinski definition) is 1. The molecule has 0 aromatic carbocycles. The smallest absolute Gasteiger partial charge is 0.269 e. The average molecular weight is 380 g/mol. The number of hydrogen-bond acceptors (Lipinski definition) is 7. The van der Waals surface area contributed by atoms with Crippen molar-refractivity contribution in [2.75, 3.05) is 23.4 Å². The lowest BCUT2D eigenvalue weighted by Crippen LogP contribution is -2.35. The van der Waals surface area contributed by atoms with Crippen molar-refractivity contribution in [3.05, 3.63) is 21.6 Å². The van der Waals surface area contributed by atoms with E-state index in [1.54, 1.807) is 11.8 Å². The van der Waals surface area contributed by atoms with E-state index in [4.69, 9.17) is 4.74 Å². The van der Waals surface area contributed by atoms with E-state index in [1.165, 1.54) is 29.6 Å². The van der Waals surface area contributed by atoms with E-state index >= 15 is 0 Å². The number of rotatable bonds is 5. The van der Waals surface area contributed by atoms with E-state index in [0.717, 1.165) is 25.1 Å². The van der Waals surface area contributed by atoms with Gasteiger partial charge >= 0.3 is 0 Å². The van der Waals surface area contributed by atoms with Gasteiger partial charge in [0, 0.05) is 18.9 Å². The van der Waals surface area contributed by atoms with Crippen LogP contribution in [0.5, 0.6) is 0 Å². The fourth-order valence-electron chi connectivity index (χ4n) is 2.61. The van der Waals surface area contributed by atoms with Crippen molar-refractivity contribution in [3.8, 4) is 0 Å². The van der Waals surface area contributed by atoms with Gasteiger partial charge in [0.25, 0.3) is 5.91 Å². The number of carbonyl (C=O) groups excluding carboxylic acids is 2. The van der Waals surface area contributed by atoms with Crippen molar-refractivity contribution in [2.45, 2.75) is 39.7 Å². The number of nitrogens with zero attached hydrogens (tertiary/aromatic N) is 3. The molecule has 1 unspecified atom stereocenters. The van der Waals surface area contributed by atoms with E-state index in [-0.39, 0.29) is 17.9 Å². The van der Waals surface area contributed by atoms with Gasteiger partial charge in [-0.05, 0) is 26.7 Å². The highest BCUT2D eigenvalue weighted by atomic mass is 32.1. The Balaban J connectivity index is 1.77. The minimum absolute atomic E-state index is 0.0312. The minimum atomic E-state index is -0.254. The van der Waals surface area contributed by atoms with Crippen LogP contribution in [0.15, 0.2) is 5.38 Å². The zero-order valence-corrected chi connectivity index (χ0v) is 16.0. The normalized spacial score (nSPS) is 16.8. The molecule has 1 aliphatic heterocycles. The van der Waals surface area contributed by atoms with Gasteiger partial charge in [0.05, 0.1) is 24.0 Å². The number of ether oxygens (including phenoxy) is 1. The fourth-order valence-corrected chi connectivity index (χ4v) is 4.31. The first-order valence-corrected chi connectivity index (χ1v) is 9.74. The molecule has 1 saturated heterocycles. The summed E-state index contributed by atoms with van der Waals surface area (Å²) in [6.07, 6.45) is 1.97. The van der Waals surface area contributed by atoms with E-state index in [2.05, 4.69) is 15.3 Å². The van der Waals surface area contributed by atoms with E-state index in [1.807, 2.05) is 12.3 Å². The quantitative estimate of drug-likeness (QED) is 0.862. The maximum atomic E-state index is 12.5. The molecule has 1 atom stereocenters.